The number of aliphatic imine (C=N–C) groups is 1. The van der Waals surface area contributed by atoms with Crippen molar-refractivity contribution in [2.45, 2.75) is 33.2 Å². The zero-order valence-electron chi connectivity index (χ0n) is 15.5. The number of aryl methyl sites for hydroxylation is 2. The summed E-state index contributed by atoms with van der Waals surface area (Å²) in [4.78, 5) is 6.96. The number of aromatic nitrogens is 2. The maximum absolute atomic E-state index is 4.82. The van der Waals surface area contributed by atoms with Crippen molar-refractivity contribution in [1.82, 2.24) is 20.0 Å². The Balaban J connectivity index is 2.02. The second kappa shape index (κ2) is 8.52. The smallest absolute Gasteiger partial charge is 0.193 e. The van der Waals surface area contributed by atoms with Crippen LogP contribution in [-0.4, -0.2) is 40.8 Å². The van der Waals surface area contributed by atoms with Crippen LogP contribution in [0.3, 0.4) is 0 Å². The summed E-state index contributed by atoms with van der Waals surface area (Å²) in [6.07, 6.45) is 3.93. The summed E-state index contributed by atoms with van der Waals surface area (Å²) >= 11 is 0. The van der Waals surface area contributed by atoms with Crippen LogP contribution in [0, 0.1) is 6.92 Å². The van der Waals surface area contributed by atoms with Crippen LogP contribution in [0.15, 0.2) is 41.7 Å². The summed E-state index contributed by atoms with van der Waals surface area (Å²) in [5.74, 6) is 1.33. The molecule has 0 saturated carbocycles. The SMILES string of the molecule is CCNC(=NCC(C)c1ccc(C)cc1)N(C)Cc1cnn(C)c1. The molecular weight excluding hydrogens is 298 g/mol. The van der Waals surface area contributed by atoms with Gasteiger partial charge in [-0.25, -0.2) is 0 Å². The van der Waals surface area contributed by atoms with Crippen molar-refractivity contribution in [2.24, 2.45) is 12.0 Å². The Morgan fingerprint density at radius 3 is 2.62 bits per heavy atom. The van der Waals surface area contributed by atoms with Crippen LogP contribution >= 0.6 is 0 Å². The molecule has 1 aromatic heterocycles. The highest BCUT2D eigenvalue weighted by Gasteiger charge is 2.10. The highest BCUT2D eigenvalue weighted by Crippen LogP contribution is 2.16. The molecule has 5 nitrogen and oxygen atoms in total. The molecule has 24 heavy (non-hydrogen) atoms. The fraction of sp³-hybridized carbons (Fsp3) is 0.474. The lowest BCUT2D eigenvalue weighted by Gasteiger charge is -2.22. The van der Waals surface area contributed by atoms with Gasteiger partial charge in [-0.15, -0.1) is 0 Å². The summed E-state index contributed by atoms with van der Waals surface area (Å²) in [5, 5.41) is 7.60. The van der Waals surface area contributed by atoms with Crippen LogP contribution < -0.4 is 5.32 Å². The minimum absolute atomic E-state index is 0.394. The highest BCUT2D eigenvalue weighted by molar-refractivity contribution is 5.79. The Morgan fingerprint density at radius 2 is 2.04 bits per heavy atom. The Labute approximate surface area is 145 Å². The van der Waals surface area contributed by atoms with Gasteiger partial charge < -0.3 is 10.2 Å². The predicted octanol–water partition coefficient (Wildman–Crippen LogP) is 2.93. The molecule has 0 bridgehead atoms. The minimum Gasteiger partial charge on any atom is -0.357 e. The maximum atomic E-state index is 4.82. The predicted molar refractivity (Wildman–Crippen MR) is 100 cm³/mol. The maximum Gasteiger partial charge on any atom is 0.193 e. The summed E-state index contributed by atoms with van der Waals surface area (Å²) in [5.41, 5.74) is 3.80. The van der Waals surface area contributed by atoms with Gasteiger partial charge >= 0.3 is 0 Å². The van der Waals surface area contributed by atoms with Gasteiger partial charge in [0.1, 0.15) is 0 Å². The molecule has 0 aliphatic heterocycles. The lowest BCUT2D eigenvalue weighted by molar-refractivity contribution is 0.475. The molecule has 0 aliphatic carbocycles. The van der Waals surface area contributed by atoms with E-state index < -0.39 is 0 Å². The fourth-order valence-electron chi connectivity index (χ4n) is 2.60. The van der Waals surface area contributed by atoms with Gasteiger partial charge in [-0.1, -0.05) is 36.8 Å². The molecule has 0 aliphatic rings. The summed E-state index contributed by atoms with van der Waals surface area (Å²) in [6.45, 7) is 8.84. The van der Waals surface area contributed by atoms with Crippen molar-refractivity contribution < 1.29 is 0 Å². The largest absolute Gasteiger partial charge is 0.357 e. The van der Waals surface area contributed by atoms with E-state index in [4.69, 9.17) is 4.99 Å². The number of guanidine groups is 1. The molecular formula is C19H29N5. The normalized spacial score (nSPS) is 13.0. The zero-order valence-corrected chi connectivity index (χ0v) is 15.5. The average Bonchev–Trinajstić information content (AvgIpc) is 2.96. The van der Waals surface area contributed by atoms with Crippen molar-refractivity contribution in [3.05, 3.63) is 53.3 Å². The van der Waals surface area contributed by atoms with Crippen molar-refractivity contribution in [1.29, 1.82) is 0 Å². The second-order valence-electron chi connectivity index (χ2n) is 6.38. The Morgan fingerprint density at radius 1 is 1.33 bits per heavy atom. The molecule has 0 saturated heterocycles. The number of rotatable bonds is 6. The van der Waals surface area contributed by atoms with E-state index in [1.54, 1.807) is 0 Å². The van der Waals surface area contributed by atoms with Crippen LogP contribution in [0.25, 0.3) is 0 Å². The third-order valence-electron chi connectivity index (χ3n) is 4.04. The molecule has 5 heteroatoms. The van der Waals surface area contributed by atoms with Crippen LogP contribution in [0.2, 0.25) is 0 Å². The molecule has 1 N–H and O–H groups in total. The van der Waals surface area contributed by atoms with E-state index in [1.165, 1.54) is 16.7 Å². The molecule has 0 radical (unpaired) electrons. The van der Waals surface area contributed by atoms with E-state index in [9.17, 15) is 0 Å². The van der Waals surface area contributed by atoms with Crippen molar-refractivity contribution in [3.63, 3.8) is 0 Å². The van der Waals surface area contributed by atoms with Crippen molar-refractivity contribution in [2.75, 3.05) is 20.1 Å². The Hall–Kier alpha value is -2.30. The third-order valence-corrected chi connectivity index (χ3v) is 4.04. The van der Waals surface area contributed by atoms with Crippen molar-refractivity contribution >= 4 is 5.96 Å². The number of benzene rings is 1. The van der Waals surface area contributed by atoms with E-state index in [1.807, 2.05) is 24.1 Å². The van der Waals surface area contributed by atoms with E-state index in [-0.39, 0.29) is 0 Å². The van der Waals surface area contributed by atoms with Gasteiger partial charge in [-0.3, -0.25) is 9.67 Å². The average molecular weight is 327 g/mol. The second-order valence-corrected chi connectivity index (χ2v) is 6.38. The highest BCUT2D eigenvalue weighted by atomic mass is 15.3. The molecule has 1 atom stereocenters. The zero-order chi connectivity index (χ0) is 17.5. The lowest BCUT2D eigenvalue weighted by Crippen LogP contribution is -2.38. The Bertz CT molecular complexity index is 657. The topological polar surface area (TPSA) is 45.5 Å². The van der Waals surface area contributed by atoms with Crippen LogP contribution in [0.1, 0.15) is 36.5 Å². The molecule has 2 aromatic rings. The number of hydrogen-bond donors (Lipinski definition) is 1. The first kappa shape index (κ1) is 18.0. The van der Waals surface area contributed by atoms with E-state index in [2.05, 4.69) is 67.4 Å². The number of nitrogens with zero attached hydrogens (tertiary/aromatic N) is 4. The first-order chi connectivity index (χ1) is 11.5. The molecule has 130 valence electrons. The number of nitrogens with one attached hydrogen (secondary N) is 1. The molecule has 0 spiro atoms. The van der Waals surface area contributed by atoms with Gasteiger partial charge in [-0.2, -0.15) is 5.10 Å². The molecule has 2 rings (SSSR count). The molecule has 1 unspecified atom stereocenters. The van der Waals surface area contributed by atoms with E-state index in [0.717, 1.165) is 25.6 Å². The van der Waals surface area contributed by atoms with Gasteiger partial charge in [0.2, 0.25) is 0 Å². The monoisotopic (exact) mass is 327 g/mol. The van der Waals surface area contributed by atoms with E-state index >= 15 is 0 Å². The van der Waals surface area contributed by atoms with Gasteiger partial charge in [-0.05, 0) is 19.4 Å². The first-order valence-corrected chi connectivity index (χ1v) is 8.53. The van der Waals surface area contributed by atoms with E-state index in [0.29, 0.717) is 5.92 Å². The van der Waals surface area contributed by atoms with Gasteiger partial charge in [0.05, 0.1) is 6.20 Å². The molecule has 1 heterocycles. The van der Waals surface area contributed by atoms with Crippen LogP contribution in [-0.2, 0) is 13.6 Å². The van der Waals surface area contributed by atoms with Crippen LogP contribution in [0.4, 0.5) is 0 Å². The van der Waals surface area contributed by atoms with Crippen LogP contribution in [0.5, 0.6) is 0 Å². The summed E-state index contributed by atoms with van der Waals surface area (Å²) < 4.78 is 1.83. The van der Waals surface area contributed by atoms with Gasteiger partial charge in [0, 0.05) is 51.4 Å². The standard InChI is InChI=1S/C19H29N5/c1-6-20-19(23(4)13-17-12-22-24(5)14-17)21-11-16(3)18-9-7-15(2)8-10-18/h7-10,12,14,16H,6,11,13H2,1-5H3,(H,20,21). The lowest BCUT2D eigenvalue weighted by atomic mass is 10.0. The first-order valence-electron chi connectivity index (χ1n) is 8.53. The summed E-state index contributed by atoms with van der Waals surface area (Å²) in [6, 6.07) is 8.72. The quantitative estimate of drug-likeness (QED) is 0.655. The molecule has 0 fully saturated rings. The van der Waals surface area contributed by atoms with Gasteiger partial charge in [0.25, 0.3) is 0 Å². The van der Waals surface area contributed by atoms with Gasteiger partial charge in [0.15, 0.2) is 5.96 Å². The van der Waals surface area contributed by atoms with Crippen molar-refractivity contribution in [3.8, 4) is 0 Å². The third kappa shape index (κ3) is 5.11. The molecule has 0 amide bonds. The number of hydrogen-bond acceptors (Lipinski definition) is 2. The minimum atomic E-state index is 0.394. The molecule has 1 aromatic carbocycles. The Kier molecular flexibility index (Phi) is 6.41. The summed E-state index contributed by atoms with van der Waals surface area (Å²) in [7, 11) is 4.00. The fourth-order valence-corrected chi connectivity index (χ4v) is 2.60.